The van der Waals surface area contributed by atoms with Gasteiger partial charge in [-0.05, 0) is 18.1 Å². The van der Waals surface area contributed by atoms with Crippen LogP contribution in [0.1, 0.15) is 41.5 Å². The van der Waals surface area contributed by atoms with Gasteiger partial charge in [0.2, 0.25) is 0 Å². The van der Waals surface area contributed by atoms with Crippen LogP contribution in [-0.2, 0) is 18.3 Å². The highest BCUT2D eigenvalue weighted by atomic mass is 31.2. The van der Waals surface area contributed by atoms with E-state index in [0.717, 1.165) is 9.13 Å². The molecule has 0 amide bonds. The van der Waals surface area contributed by atoms with Crippen molar-refractivity contribution in [3.05, 3.63) is 104 Å². The second-order valence-corrected chi connectivity index (χ2v) is 10.6. The fourth-order valence-electron chi connectivity index (χ4n) is 4.47. The van der Waals surface area contributed by atoms with Crippen molar-refractivity contribution in [2.75, 3.05) is 19.8 Å². The molecule has 39 heavy (non-hydrogen) atoms. The molecule has 12 nitrogen and oxygen atoms in total. The summed E-state index contributed by atoms with van der Waals surface area (Å²) < 4.78 is 30.6. The van der Waals surface area contributed by atoms with E-state index in [0.29, 0.717) is 11.1 Å². The molecule has 0 bridgehead atoms. The molecule has 6 atom stereocenters. The lowest BCUT2D eigenvalue weighted by molar-refractivity contribution is -0.0496. The maximum absolute atomic E-state index is 13.4. The van der Waals surface area contributed by atoms with Gasteiger partial charge in [-0.3, -0.25) is 18.4 Å². The molecule has 4 N–H and O–H groups in total. The average Bonchev–Trinajstić information content (AvgIpc) is 3.31. The Morgan fingerprint density at radius 2 is 1.64 bits per heavy atom. The largest absolute Gasteiger partial charge is 0.472 e. The van der Waals surface area contributed by atoms with E-state index in [9.17, 15) is 34.4 Å². The lowest BCUT2D eigenvalue weighted by atomic mass is 10.1. The van der Waals surface area contributed by atoms with Crippen molar-refractivity contribution in [1.82, 2.24) is 9.13 Å². The number of aliphatic hydroxyl groups excluding tert-OH is 3. The molecular weight excluding hydrogens is 531 g/mol. The monoisotopic (exact) mass is 562 g/mol. The Morgan fingerprint density at radius 1 is 1.03 bits per heavy atom. The van der Waals surface area contributed by atoms with Crippen LogP contribution < -0.4 is 11.2 Å². The first-order valence-corrected chi connectivity index (χ1v) is 13.8. The Labute approximate surface area is 223 Å². The average molecular weight is 563 g/mol. The highest BCUT2D eigenvalue weighted by Gasteiger charge is 2.39. The van der Waals surface area contributed by atoms with E-state index in [1.54, 1.807) is 60.7 Å². The molecule has 0 aliphatic carbocycles. The number of rotatable bonds is 11. The van der Waals surface area contributed by atoms with Gasteiger partial charge in [0, 0.05) is 18.2 Å². The first-order chi connectivity index (χ1) is 18.6. The predicted octanol–water partition coefficient (Wildman–Crippen LogP) is 1.42. The number of phosphoric acid groups is 1. The summed E-state index contributed by atoms with van der Waals surface area (Å²) in [4.78, 5) is 36.5. The number of aliphatic hydroxyl groups is 3. The maximum atomic E-state index is 13.4. The van der Waals surface area contributed by atoms with Gasteiger partial charge in [-0.1, -0.05) is 60.7 Å². The minimum Gasteiger partial charge on any atom is -0.394 e. The number of hydrogen-bond acceptors (Lipinski definition) is 9. The fourth-order valence-corrected chi connectivity index (χ4v) is 5.38. The molecule has 3 aromatic rings. The number of nitrogens with zero attached hydrogens (tertiary/aromatic N) is 2. The Balaban J connectivity index is 1.50. The molecule has 2 aromatic carbocycles. The zero-order chi connectivity index (χ0) is 28.2. The molecule has 2 heterocycles. The van der Waals surface area contributed by atoms with Crippen LogP contribution >= 0.6 is 7.82 Å². The second kappa shape index (κ2) is 12.5. The Morgan fingerprint density at radius 3 is 2.23 bits per heavy atom. The second-order valence-electron chi connectivity index (χ2n) is 9.17. The highest BCUT2D eigenvalue weighted by molar-refractivity contribution is 7.47. The van der Waals surface area contributed by atoms with Crippen LogP contribution in [0, 0.1) is 6.92 Å². The van der Waals surface area contributed by atoms with Crippen molar-refractivity contribution in [1.29, 1.82) is 0 Å². The van der Waals surface area contributed by atoms with Crippen molar-refractivity contribution in [2.45, 2.75) is 43.9 Å². The van der Waals surface area contributed by atoms with Crippen molar-refractivity contribution < 1.29 is 38.6 Å². The van der Waals surface area contributed by atoms with E-state index in [2.05, 4.69) is 0 Å². The van der Waals surface area contributed by atoms with Gasteiger partial charge < -0.3 is 24.9 Å². The zero-order valence-corrected chi connectivity index (χ0v) is 22.0. The Bertz CT molecular complexity index is 1410. The number of aryl methyl sites for hydroxylation is 1. The van der Waals surface area contributed by atoms with Gasteiger partial charge in [-0.2, -0.15) is 0 Å². The molecule has 0 radical (unpaired) electrons. The van der Waals surface area contributed by atoms with Gasteiger partial charge in [0.15, 0.2) is 0 Å². The third-order valence-corrected chi connectivity index (χ3v) is 7.50. The summed E-state index contributed by atoms with van der Waals surface area (Å²) in [6, 6.07) is 16.0. The van der Waals surface area contributed by atoms with Gasteiger partial charge >= 0.3 is 13.5 Å². The summed E-state index contributed by atoms with van der Waals surface area (Å²) in [6.07, 6.45) is -3.16. The predicted molar refractivity (Wildman–Crippen MR) is 139 cm³/mol. The smallest absolute Gasteiger partial charge is 0.394 e. The first kappa shape index (κ1) is 29.1. The number of aromatic nitrogens is 2. The van der Waals surface area contributed by atoms with E-state index >= 15 is 0 Å². The van der Waals surface area contributed by atoms with E-state index < -0.39 is 69.5 Å². The van der Waals surface area contributed by atoms with Crippen LogP contribution in [-0.4, -0.2) is 61.4 Å². The number of phosphoric ester groups is 1. The minimum atomic E-state index is -4.68. The van der Waals surface area contributed by atoms with Crippen LogP contribution in [0.25, 0.3) is 0 Å². The molecule has 1 saturated heterocycles. The number of ether oxygens (including phenoxy) is 1. The van der Waals surface area contributed by atoms with Crippen LogP contribution in [0.4, 0.5) is 0 Å². The molecule has 0 saturated carbocycles. The topological polar surface area (TPSA) is 170 Å². The van der Waals surface area contributed by atoms with E-state index in [1.807, 2.05) is 0 Å². The summed E-state index contributed by atoms with van der Waals surface area (Å²) in [7, 11) is -4.68. The first-order valence-electron chi connectivity index (χ1n) is 12.3. The van der Waals surface area contributed by atoms with Gasteiger partial charge in [-0.25, -0.2) is 13.9 Å². The molecular formula is C26H31N2O10P. The van der Waals surface area contributed by atoms with Crippen molar-refractivity contribution in [3.8, 4) is 0 Å². The zero-order valence-electron chi connectivity index (χ0n) is 21.1. The van der Waals surface area contributed by atoms with Crippen molar-refractivity contribution in [2.24, 2.45) is 0 Å². The molecule has 1 aliphatic rings. The van der Waals surface area contributed by atoms with Crippen LogP contribution in [0.2, 0.25) is 0 Å². The van der Waals surface area contributed by atoms with Crippen LogP contribution in [0.3, 0.4) is 0 Å². The Kier molecular flexibility index (Phi) is 9.31. The van der Waals surface area contributed by atoms with E-state index in [1.165, 1.54) is 13.1 Å². The Hall–Kier alpha value is -2.93. The lowest BCUT2D eigenvalue weighted by Gasteiger charge is -2.23. The molecule has 4 rings (SSSR count). The van der Waals surface area contributed by atoms with Crippen LogP contribution in [0.5, 0.6) is 0 Å². The fraction of sp³-hybridized carbons (Fsp3) is 0.385. The summed E-state index contributed by atoms with van der Waals surface area (Å²) in [5, 5.41) is 30.2. The summed E-state index contributed by atoms with van der Waals surface area (Å²) >= 11 is 0. The molecule has 1 unspecified atom stereocenters. The normalized spacial score (nSPS) is 22.3. The molecule has 1 fully saturated rings. The van der Waals surface area contributed by atoms with Gasteiger partial charge in [0.05, 0.1) is 32.0 Å². The van der Waals surface area contributed by atoms with Gasteiger partial charge in [-0.15, -0.1) is 0 Å². The standard InChI is InChI=1S/C26H31N2O10P/c1-17-13-27(26(33)28(25(17)32)20(14-29)18-8-4-2-5-9-18)24-12-21(31)23(37-24)16-36-39(34,35)38-22(15-30)19-10-6-3-7-11-19/h2-11,13,20-24,29-31H,12,14-16H2,1H3,(H,34,35)/t20-,21+,22-,23-,24-/m1/s1. The molecule has 0 spiro atoms. The number of benzene rings is 2. The van der Waals surface area contributed by atoms with E-state index in [-0.39, 0.29) is 12.0 Å². The third kappa shape index (κ3) is 6.63. The number of hydrogen-bond donors (Lipinski definition) is 4. The van der Waals surface area contributed by atoms with Gasteiger partial charge in [0.1, 0.15) is 18.4 Å². The summed E-state index contributed by atoms with van der Waals surface area (Å²) in [6.45, 7) is -0.103. The molecule has 210 valence electrons. The molecule has 1 aromatic heterocycles. The molecule has 1 aliphatic heterocycles. The summed E-state index contributed by atoms with van der Waals surface area (Å²) in [5.74, 6) is 0. The molecule has 13 heteroatoms. The minimum absolute atomic E-state index is 0.0689. The van der Waals surface area contributed by atoms with Gasteiger partial charge in [0.25, 0.3) is 5.56 Å². The van der Waals surface area contributed by atoms with Crippen LogP contribution in [0.15, 0.2) is 76.4 Å². The maximum Gasteiger partial charge on any atom is 0.472 e. The van der Waals surface area contributed by atoms with Crippen molar-refractivity contribution >= 4 is 7.82 Å². The van der Waals surface area contributed by atoms with E-state index in [4.69, 9.17) is 13.8 Å². The highest BCUT2D eigenvalue weighted by Crippen LogP contribution is 2.48. The summed E-state index contributed by atoms with van der Waals surface area (Å²) in [5.41, 5.74) is -0.0853. The quantitative estimate of drug-likeness (QED) is 0.251. The van der Waals surface area contributed by atoms with Crippen molar-refractivity contribution in [3.63, 3.8) is 0 Å². The lowest BCUT2D eigenvalue weighted by Crippen LogP contribution is -2.45. The SMILES string of the molecule is Cc1cn([C@H]2C[C@H](O)[C@@H](COP(=O)(O)O[C@H](CO)c3ccccc3)O2)c(=O)n([C@H](CO)c2ccccc2)c1=O. The third-order valence-electron chi connectivity index (χ3n) is 6.50.